The van der Waals surface area contributed by atoms with Crippen molar-refractivity contribution in [3.05, 3.63) is 0 Å². The molecule has 2 fully saturated rings. The van der Waals surface area contributed by atoms with Crippen molar-refractivity contribution in [1.82, 2.24) is 10.6 Å². The highest BCUT2D eigenvalue weighted by atomic mass is 16.6. The number of carbonyl (C=O) groups excluding carboxylic acids is 2. The van der Waals surface area contributed by atoms with Crippen molar-refractivity contribution in [2.45, 2.75) is 83.2 Å². The first-order valence-corrected chi connectivity index (χ1v) is 9.32. The van der Waals surface area contributed by atoms with E-state index in [1.165, 1.54) is 32.1 Å². The normalized spacial score (nSPS) is 32.5. The molecule has 0 aromatic carbocycles. The van der Waals surface area contributed by atoms with Gasteiger partial charge in [-0.1, -0.05) is 45.4 Å². The maximum absolute atomic E-state index is 12.0. The van der Waals surface area contributed by atoms with E-state index in [9.17, 15) is 9.59 Å². The Kier molecular flexibility index (Phi) is 7.34. The molecule has 2 rings (SSSR count). The van der Waals surface area contributed by atoms with E-state index < -0.39 is 0 Å². The Morgan fingerprint density at radius 2 is 1.61 bits per heavy atom. The second kappa shape index (κ2) is 9.26. The molecule has 5 heteroatoms. The molecule has 2 atom stereocenters. The first kappa shape index (κ1) is 18.2. The molecule has 1 spiro atoms. The van der Waals surface area contributed by atoms with E-state index in [1.807, 2.05) is 0 Å². The van der Waals surface area contributed by atoms with Gasteiger partial charge in [0, 0.05) is 6.42 Å². The molecule has 1 saturated heterocycles. The first-order chi connectivity index (χ1) is 11.1. The second-order valence-electron chi connectivity index (χ2n) is 7.18. The molecule has 0 aromatic rings. The molecule has 1 heterocycles. The zero-order chi connectivity index (χ0) is 16.5. The van der Waals surface area contributed by atoms with Gasteiger partial charge >= 0.3 is 5.97 Å². The van der Waals surface area contributed by atoms with E-state index in [1.54, 1.807) is 0 Å². The van der Waals surface area contributed by atoms with Gasteiger partial charge in [0.25, 0.3) is 0 Å². The van der Waals surface area contributed by atoms with Crippen LogP contribution in [0.3, 0.4) is 0 Å². The van der Waals surface area contributed by atoms with Crippen molar-refractivity contribution >= 4 is 11.9 Å². The van der Waals surface area contributed by atoms with Crippen LogP contribution in [0.15, 0.2) is 0 Å². The average Bonchev–Trinajstić information content (AvgIpc) is 3.14. The van der Waals surface area contributed by atoms with Crippen LogP contribution in [0.5, 0.6) is 0 Å². The lowest BCUT2D eigenvalue weighted by Gasteiger charge is -2.18. The number of hydrogen-bond donors (Lipinski definition) is 2. The number of nitrogens with one attached hydrogen (secondary N) is 2. The third kappa shape index (κ3) is 6.50. The molecule has 5 nitrogen and oxygen atoms in total. The zero-order valence-corrected chi connectivity index (χ0v) is 14.5. The van der Waals surface area contributed by atoms with Crippen molar-refractivity contribution in [2.24, 2.45) is 5.92 Å². The lowest BCUT2D eigenvalue weighted by Crippen LogP contribution is -2.38. The van der Waals surface area contributed by atoms with Gasteiger partial charge in [0.2, 0.25) is 5.91 Å². The average molecular weight is 324 g/mol. The van der Waals surface area contributed by atoms with Crippen molar-refractivity contribution < 1.29 is 14.3 Å². The quantitative estimate of drug-likeness (QED) is 0.672. The third-order valence-corrected chi connectivity index (χ3v) is 5.14. The second-order valence-corrected chi connectivity index (χ2v) is 7.18. The first-order valence-electron chi connectivity index (χ1n) is 9.32. The fraction of sp³-hybridized carbons (Fsp3) is 0.889. The Labute approximate surface area is 139 Å². The molecule has 2 N–H and O–H groups in total. The standard InChI is InChI=1S/C18H32N2O3/c1-15-12-18(15)11-9-7-5-3-2-4-6-8-10-16(21)20-14-19-13-17(22)23-18/h15,19H,2-14H2,1H3,(H,20,21). The van der Waals surface area contributed by atoms with Crippen LogP contribution in [0, 0.1) is 5.92 Å². The minimum atomic E-state index is -0.204. The molecule has 2 aliphatic rings. The number of rotatable bonds is 0. The highest BCUT2D eigenvalue weighted by Gasteiger charge is 2.54. The van der Waals surface area contributed by atoms with E-state index in [2.05, 4.69) is 17.6 Å². The number of hydrogen-bond acceptors (Lipinski definition) is 4. The van der Waals surface area contributed by atoms with Crippen LogP contribution in [0.1, 0.15) is 77.6 Å². The number of esters is 1. The molecule has 0 aromatic heterocycles. The summed E-state index contributed by atoms with van der Waals surface area (Å²) in [5.74, 6) is 0.334. The molecule has 1 amide bonds. The summed E-state index contributed by atoms with van der Waals surface area (Å²) in [6.45, 7) is 2.65. The van der Waals surface area contributed by atoms with Gasteiger partial charge in [0.15, 0.2) is 0 Å². The smallest absolute Gasteiger partial charge is 0.320 e. The lowest BCUT2D eigenvalue weighted by molar-refractivity contribution is -0.151. The lowest BCUT2D eigenvalue weighted by atomic mass is 10.0. The molecular weight excluding hydrogens is 292 g/mol. The van der Waals surface area contributed by atoms with Gasteiger partial charge in [-0.3, -0.25) is 14.9 Å². The van der Waals surface area contributed by atoms with Gasteiger partial charge in [-0.2, -0.15) is 0 Å². The molecule has 2 unspecified atom stereocenters. The molecule has 1 aliphatic heterocycles. The summed E-state index contributed by atoms with van der Waals surface area (Å²) in [4.78, 5) is 23.6. The van der Waals surface area contributed by atoms with E-state index >= 15 is 0 Å². The monoisotopic (exact) mass is 324 g/mol. The highest BCUT2D eigenvalue weighted by Crippen LogP contribution is 2.50. The van der Waals surface area contributed by atoms with E-state index in [0.717, 1.165) is 32.1 Å². The predicted molar refractivity (Wildman–Crippen MR) is 89.8 cm³/mol. The largest absolute Gasteiger partial charge is 0.458 e. The van der Waals surface area contributed by atoms with Crippen LogP contribution >= 0.6 is 0 Å². The van der Waals surface area contributed by atoms with Gasteiger partial charge in [-0.15, -0.1) is 0 Å². The van der Waals surface area contributed by atoms with Gasteiger partial charge in [-0.05, 0) is 31.6 Å². The molecule has 132 valence electrons. The summed E-state index contributed by atoms with van der Waals surface area (Å²) < 4.78 is 5.72. The SMILES string of the molecule is CC1CC12CCCCCCCCCCC(=O)NCNCC(=O)O2. The highest BCUT2D eigenvalue weighted by molar-refractivity contribution is 5.76. The van der Waals surface area contributed by atoms with Crippen molar-refractivity contribution in [3.8, 4) is 0 Å². The molecule has 0 radical (unpaired) electrons. The Morgan fingerprint density at radius 1 is 1.00 bits per heavy atom. The van der Waals surface area contributed by atoms with Crippen LogP contribution in [-0.4, -0.2) is 30.7 Å². The molecule has 1 aliphatic carbocycles. The van der Waals surface area contributed by atoms with E-state index in [4.69, 9.17) is 4.74 Å². The van der Waals surface area contributed by atoms with E-state index in [-0.39, 0.29) is 24.0 Å². The third-order valence-electron chi connectivity index (χ3n) is 5.14. The van der Waals surface area contributed by atoms with Gasteiger partial charge in [0.05, 0.1) is 13.2 Å². The van der Waals surface area contributed by atoms with Crippen LogP contribution in [0.2, 0.25) is 0 Å². The Balaban J connectivity index is 1.77. The maximum Gasteiger partial charge on any atom is 0.320 e. The van der Waals surface area contributed by atoms with Crippen LogP contribution in [0.25, 0.3) is 0 Å². The molecule has 1 saturated carbocycles. The summed E-state index contributed by atoms with van der Waals surface area (Å²) in [6.07, 6.45) is 12.1. The number of amides is 1. The van der Waals surface area contributed by atoms with Crippen molar-refractivity contribution in [3.63, 3.8) is 0 Å². The van der Waals surface area contributed by atoms with Crippen LogP contribution in [0.4, 0.5) is 0 Å². The van der Waals surface area contributed by atoms with Crippen molar-refractivity contribution in [1.29, 1.82) is 0 Å². The van der Waals surface area contributed by atoms with Crippen LogP contribution < -0.4 is 10.6 Å². The number of ether oxygens (including phenoxy) is 1. The van der Waals surface area contributed by atoms with Gasteiger partial charge in [0.1, 0.15) is 5.60 Å². The fourth-order valence-electron chi connectivity index (χ4n) is 3.45. The Morgan fingerprint density at radius 3 is 2.26 bits per heavy atom. The van der Waals surface area contributed by atoms with Gasteiger partial charge in [-0.25, -0.2) is 0 Å². The Hall–Kier alpha value is -1.10. The predicted octanol–water partition coefficient (Wildman–Crippen LogP) is 2.89. The summed E-state index contributed by atoms with van der Waals surface area (Å²) in [5, 5.41) is 5.74. The summed E-state index contributed by atoms with van der Waals surface area (Å²) >= 11 is 0. The van der Waals surface area contributed by atoms with Crippen molar-refractivity contribution in [2.75, 3.05) is 13.2 Å². The maximum atomic E-state index is 12.0. The Bertz CT molecular complexity index is 400. The summed E-state index contributed by atoms with van der Waals surface area (Å²) in [5.41, 5.74) is -0.201. The minimum absolute atomic E-state index is 0.0549. The number of carbonyl (C=O) groups is 2. The van der Waals surface area contributed by atoms with Crippen LogP contribution in [-0.2, 0) is 14.3 Å². The minimum Gasteiger partial charge on any atom is -0.458 e. The van der Waals surface area contributed by atoms with E-state index in [0.29, 0.717) is 19.0 Å². The molecule has 0 bridgehead atoms. The molecule has 23 heavy (non-hydrogen) atoms. The summed E-state index contributed by atoms with van der Waals surface area (Å²) in [6, 6.07) is 0. The van der Waals surface area contributed by atoms with Gasteiger partial charge < -0.3 is 10.1 Å². The zero-order valence-electron chi connectivity index (χ0n) is 14.5. The molecular formula is C18H32N2O3. The fourth-order valence-corrected chi connectivity index (χ4v) is 3.45. The summed E-state index contributed by atoms with van der Waals surface area (Å²) in [7, 11) is 0. The topological polar surface area (TPSA) is 67.4 Å².